The lowest BCUT2D eigenvalue weighted by Crippen LogP contribution is -2.25. The predicted octanol–water partition coefficient (Wildman–Crippen LogP) is 3.03. The van der Waals surface area contributed by atoms with E-state index in [4.69, 9.17) is 4.98 Å². The molecule has 0 radical (unpaired) electrons. The van der Waals surface area contributed by atoms with E-state index in [0.29, 0.717) is 17.8 Å². The monoisotopic (exact) mass is 291 g/mol. The molecule has 4 heteroatoms. The lowest BCUT2D eigenvalue weighted by Gasteiger charge is -2.13. The first kappa shape index (κ1) is 13.2. The minimum Gasteiger partial charge on any atom is -0.291 e. The van der Waals surface area contributed by atoms with Crippen LogP contribution in [-0.2, 0) is 6.54 Å². The van der Waals surface area contributed by atoms with Gasteiger partial charge >= 0.3 is 0 Å². The van der Waals surface area contributed by atoms with Crippen molar-refractivity contribution < 1.29 is 0 Å². The first-order valence-corrected chi connectivity index (χ1v) is 7.62. The van der Waals surface area contributed by atoms with E-state index in [1.807, 2.05) is 48.0 Å². The third-order valence-corrected chi connectivity index (χ3v) is 4.15. The van der Waals surface area contributed by atoms with Crippen LogP contribution < -0.4 is 5.56 Å². The maximum absolute atomic E-state index is 12.9. The van der Waals surface area contributed by atoms with Gasteiger partial charge in [0.05, 0.1) is 17.4 Å². The zero-order chi connectivity index (χ0) is 15.1. The minimum atomic E-state index is 0.0550. The lowest BCUT2D eigenvalue weighted by molar-refractivity contribution is 0.679. The van der Waals surface area contributed by atoms with Crippen LogP contribution in [0.4, 0.5) is 0 Å². The topological polar surface area (TPSA) is 47.8 Å². The summed E-state index contributed by atoms with van der Waals surface area (Å²) in [5.41, 5.74) is 2.97. The number of nitrogens with zero attached hydrogens (tertiary/aromatic N) is 3. The van der Waals surface area contributed by atoms with Crippen molar-refractivity contribution in [2.75, 3.05) is 0 Å². The Balaban J connectivity index is 1.92. The molecule has 0 bridgehead atoms. The van der Waals surface area contributed by atoms with Gasteiger partial charge in [-0.05, 0) is 43.5 Å². The molecule has 3 aromatic rings. The summed E-state index contributed by atoms with van der Waals surface area (Å²) in [5.74, 6) is 1.35. The molecule has 110 valence electrons. The van der Waals surface area contributed by atoms with Crippen molar-refractivity contribution in [3.8, 4) is 0 Å². The minimum absolute atomic E-state index is 0.0550. The van der Waals surface area contributed by atoms with Crippen molar-refractivity contribution in [3.05, 3.63) is 70.0 Å². The average Bonchev–Trinajstić information content (AvgIpc) is 3.36. The highest BCUT2D eigenvalue weighted by atomic mass is 16.1. The molecule has 0 aliphatic heterocycles. The Kier molecular flexibility index (Phi) is 3.03. The second-order valence-corrected chi connectivity index (χ2v) is 6.02. The van der Waals surface area contributed by atoms with Gasteiger partial charge in [0.25, 0.3) is 5.56 Å². The summed E-state index contributed by atoms with van der Waals surface area (Å²) in [7, 11) is 0. The molecule has 22 heavy (non-hydrogen) atoms. The van der Waals surface area contributed by atoms with Crippen LogP contribution in [0.5, 0.6) is 0 Å². The highest BCUT2D eigenvalue weighted by Gasteiger charge is 2.29. The van der Waals surface area contributed by atoms with Crippen LogP contribution >= 0.6 is 0 Å². The second kappa shape index (κ2) is 5.05. The Morgan fingerprint density at radius 3 is 2.86 bits per heavy atom. The fourth-order valence-electron chi connectivity index (χ4n) is 2.83. The van der Waals surface area contributed by atoms with E-state index in [9.17, 15) is 4.79 Å². The molecule has 4 nitrogen and oxygen atoms in total. The molecule has 0 N–H and O–H groups in total. The van der Waals surface area contributed by atoms with Crippen molar-refractivity contribution in [2.45, 2.75) is 32.2 Å². The van der Waals surface area contributed by atoms with E-state index in [2.05, 4.69) is 4.98 Å². The van der Waals surface area contributed by atoms with Gasteiger partial charge < -0.3 is 0 Å². The average molecular weight is 291 g/mol. The number of aromatic nitrogens is 3. The van der Waals surface area contributed by atoms with Gasteiger partial charge in [0, 0.05) is 18.3 Å². The molecule has 4 rings (SSSR count). The van der Waals surface area contributed by atoms with E-state index in [1.54, 1.807) is 6.20 Å². The van der Waals surface area contributed by atoms with Gasteiger partial charge in [-0.3, -0.25) is 14.3 Å². The Bertz CT molecular complexity index is 895. The summed E-state index contributed by atoms with van der Waals surface area (Å²) in [5, 5.41) is 0.702. The molecular weight excluding hydrogens is 274 g/mol. The van der Waals surface area contributed by atoms with Gasteiger partial charge in [-0.1, -0.05) is 17.7 Å². The van der Waals surface area contributed by atoms with Crippen LogP contribution in [0.1, 0.15) is 35.7 Å². The van der Waals surface area contributed by atoms with Crippen molar-refractivity contribution in [1.29, 1.82) is 0 Å². The van der Waals surface area contributed by atoms with Gasteiger partial charge in [-0.15, -0.1) is 0 Å². The number of hydrogen-bond acceptors (Lipinski definition) is 3. The van der Waals surface area contributed by atoms with Gasteiger partial charge in [0.15, 0.2) is 0 Å². The van der Waals surface area contributed by atoms with E-state index >= 15 is 0 Å². The molecule has 1 aliphatic carbocycles. The maximum atomic E-state index is 12.9. The van der Waals surface area contributed by atoms with Gasteiger partial charge in [-0.25, -0.2) is 4.98 Å². The molecular formula is C18H17N3O. The van der Waals surface area contributed by atoms with Gasteiger partial charge in [0.1, 0.15) is 5.82 Å². The highest BCUT2D eigenvalue weighted by Crippen LogP contribution is 2.39. The van der Waals surface area contributed by atoms with Crippen LogP contribution in [0.2, 0.25) is 0 Å². The first-order chi connectivity index (χ1) is 10.7. The molecule has 0 unspecified atom stereocenters. The van der Waals surface area contributed by atoms with Crippen LogP contribution in [0.3, 0.4) is 0 Å². The number of hydrogen-bond donors (Lipinski definition) is 0. The van der Waals surface area contributed by atoms with Crippen molar-refractivity contribution >= 4 is 10.9 Å². The van der Waals surface area contributed by atoms with Crippen LogP contribution in [-0.4, -0.2) is 14.5 Å². The summed E-state index contributed by atoms with van der Waals surface area (Å²) in [6, 6.07) is 9.79. The lowest BCUT2D eigenvalue weighted by atomic mass is 10.1. The van der Waals surface area contributed by atoms with Gasteiger partial charge in [0.2, 0.25) is 0 Å². The molecule has 1 aromatic carbocycles. The number of pyridine rings is 1. The number of fused-ring (bicyclic) bond motifs is 1. The zero-order valence-corrected chi connectivity index (χ0v) is 12.5. The first-order valence-electron chi connectivity index (χ1n) is 7.62. The Labute approximate surface area is 128 Å². The molecule has 0 saturated heterocycles. The number of aryl methyl sites for hydroxylation is 1. The van der Waals surface area contributed by atoms with Crippen molar-refractivity contribution in [3.63, 3.8) is 0 Å². The van der Waals surface area contributed by atoms with Crippen molar-refractivity contribution in [2.24, 2.45) is 0 Å². The standard InChI is InChI=1S/C18H17N3O/c1-12-4-7-16-15(9-12)18(22)21(17(20-16)14-5-6-14)11-13-3-2-8-19-10-13/h2-4,7-10,14H,5-6,11H2,1H3. The van der Waals surface area contributed by atoms with Crippen LogP contribution in [0.15, 0.2) is 47.5 Å². The molecule has 1 saturated carbocycles. The third-order valence-electron chi connectivity index (χ3n) is 4.15. The summed E-state index contributed by atoms with van der Waals surface area (Å²) in [4.78, 5) is 21.9. The Hall–Kier alpha value is -2.49. The molecule has 0 atom stereocenters. The molecule has 2 aromatic heterocycles. The Morgan fingerprint density at radius 1 is 1.27 bits per heavy atom. The van der Waals surface area contributed by atoms with Crippen LogP contribution in [0, 0.1) is 6.92 Å². The van der Waals surface area contributed by atoms with E-state index < -0.39 is 0 Å². The van der Waals surface area contributed by atoms with Crippen LogP contribution in [0.25, 0.3) is 10.9 Å². The smallest absolute Gasteiger partial charge is 0.261 e. The fraction of sp³-hybridized carbons (Fsp3) is 0.278. The number of benzene rings is 1. The van der Waals surface area contributed by atoms with E-state index in [1.165, 1.54) is 0 Å². The predicted molar refractivity (Wildman–Crippen MR) is 86.1 cm³/mol. The molecule has 1 fully saturated rings. The Morgan fingerprint density at radius 2 is 2.14 bits per heavy atom. The third kappa shape index (κ3) is 2.30. The molecule has 2 heterocycles. The maximum Gasteiger partial charge on any atom is 0.261 e. The fourth-order valence-corrected chi connectivity index (χ4v) is 2.83. The quantitative estimate of drug-likeness (QED) is 0.745. The summed E-state index contributed by atoms with van der Waals surface area (Å²) >= 11 is 0. The molecule has 0 amide bonds. The summed E-state index contributed by atoms with van der Waals surface area (Å²) in [6.07, 6.45) is 5.80. The van der Waals surface area contributed by atoms with Crippen molar-refractivity contribution in [1.82, 2.24) is 14.5 Å². The molecule has 0 spiro atoms. The largest absolute Gasteiger partial charge is 0.291 e. The summed E-state index contributed by atoms with van der Waals surface area (Å²) < 4.78 is 1.83. The zero-order valence-electron chi connectivity index (χ0n) is 12.5. The second-order valence-electron chi connectivity index (χ2n) is 6.02. The normalized spacial score (nSPS) is 14.4. The SMILES string of the molecule is Cc1ccc2nc(C3CC3)n(Cc3cccnc3)c(=O)c2c1. The van der Waals surface area contributed by atoms with Gasteiger partial charge in [-0.2, -0.15) is 0 Å². The van der Waals surface area contributed by atoms with E-state index in [0.717, 1.165) is 35.3 Å². The summed E-state index contributed by atoms with van der Waals surface area (Å²) in [6.45, 7) is 2.54. The highest BCUT2D eigenvalue weighted by molar-refractivity contribution is 5.78. The van der Waals surface area contributed by atoms with E-state index in [-0.39, 0.29) is 5.56 Å². The molecule has 1 aliphatic rings. The number of rotatable bonds is 3.